The summed E-state index contributed by atoms with van der Waals surface area (Å²) in [4.78, 5) is 27.7. The Labute approximate surface area is 178 Å². The van der Waals surface area contributed by atoms with E-state index in [9.17, 15) is 18.0 Å². The molecule has 1 saturated heterocycles. The van der Waals surface area contributed by atoms with Crippen LogP contribution in [0.5, 0.6) is 0 Å². The highest BCUT2D eigenvalue weighted by atomic mass is 32.2. The van der Waals surface area contributed by atoms with Gasteiger partial charge in [0, 0.05) is 25.0 Å². The minimum Gasteiger partial charge on any atom is -0.462 e. The zero-order chi connectivity index (χ0) is 21.9. The summed E-state index contributed by atoms with van der Waals surface area (Å²) in [7, 11) is -3.27. The van der Waals surface area contributed by atoms with E-state index in [2.05, 4.69) is 17.1 Å². The molecule has 30 heavy (non-hydrogen) atoms. The van der Waals surface area contributed by atoms with E-state index in [1.165, 1.54) is 16.8 Å². The molecule has 1 aromatic heterocycles. The van der Waals surface area contributed by atoms with Crippen LogP contribution in [0.3, 0.4) is 0 Å². The minimum absolute atomic E-state index is 0.0190. The first kappa shape index (κ1) is 22.7. The molecule has 1 aliphatic heterocycles. The highest BCUT2D eigenvalue weighted by Gasteiger charge is 2.38. The molecule has 1 amide bonds. The summed E-state index contributed by atoms with van der Waals surface area (Å²) >= 11 is 0. The van der Waals surface area contributed by atoms with Crippen molar-refractivity contribution in [1.82, 2.24) is 14.5 Å². The molecule has 1 aliphatic carbocycles. The van der Waals surface area contributed by atoms with Crippen molar-refractivity contribution < 1.29 is 22.7 Å². The zero-order valence-electron chi connectivity index (χ0n) is 18.0. The molecule has 1 aromatic rings. The number of nitrogens with one attached hydrogen (secondary N) is 1. The molecule has 1 saturated carbocycles. The number of amides is 1. The van der Waals surface area contributed by atoms with Crippen LogP contribution in [-0.2, 0) is 19.6 Å². The summed E-state index contributed by atoms with van der Waals surface area (Å²) in [6.07, 6.45) is 7.25. The molecule has 9 nitrogen and oxygen atoms in total. The van der Waals surface area contributed by atoms with Crippen molar-refractivity contribution >= 4 is 27.7 Å². The average Bonchev–Trinajstić information content (AvgIpc) is 3.18. The maximum Gasteiger partial charge on any atom is 0.343 e. The van der Waals surface area contributed by atoms with E-state index >= 15 is 0 Å². The third-order valence-electron chi connectivity index (χ3n) is 6.22. The van der Waals surface area contributed by atoms with E-state index in [0.717, 1.165) is 25.7 Å². The monoisotopic (exact) mass is 440 g/mol. The highest BCUT2D eigenvalue weighted by Crippen LogP contribution is 2.34. The normalized spacial score (nSPS) is 23.8. The molecule has 1 N–H and O–H groups in total. The van der Waals surface area contributed by atoms with Crippen LogP contribution in [0.15, 0.2) is 6.20 Å². The maximum atomic E-state index is 13.6. The number of hydrogen-bond acceptors (Lipinski definition) is 6. The van der Waals surface area contributed by atoms with Crippen LogP contribution in [0.2, 0.25) is 0 Å². The number of rotatable bonds is 6. The molecule has 0 aromatic carbocycles. The summed E-state index contributed by atoms with van der Waals surface area (Å²) in [5.41, 5.74) is 0.236. The van der Waals surface area contributed by atoms with Gasteiger partial charge in [-0.15, -0.1) is 0 Å². The average molecular weight is 441 g/mol. The van der Waals surface area contributed by atoms with Gasteiger partial charge in [-0.2, -0.15) is 5.10 Å². The molecule has 3 rings (SSSR count). The Hall–Kier alpha value is -1.94. The summed E-state index contributed by atoms with van der Waals surface area (Å²) in [6.45, 7) is 4.85. The van der Waals surface area contributed by atoms with Crippen LogP contribution < -0.4 is 4.90 Å². The fraction of sp³-hybridized carbons (Fsp3) is 0.750. The number of anilines is 1. The van der Waals surface area contributed by atoms with Crippen LogP contribution in [-0.4, -0.2) is 66.8 Å². The van der Waals surface area contributed by atoms with Gasteiger partial charge in [-0.1, -0.05) is 6.92 Å². The summed E-state index contributed by atoms with van der Waals surface area (Å²) in [5.74, 6) is 0.324. The number of sulfonamides is 1. The smallest absolute Gasteiger partial charge is 0.343 e. The Kier molecular flexibility index (Phi) is 7.18. The number of ether oxygens (including phenoxy) is 1. The Morgan fingerprint density at radius 1 is 1.20 bits per heavy atom. The topological polar surface area (TPSA) is 113 Å². The Morgan fingerprint density at radius 3 is 2.40 bits per heavy atom. The van der Waals surface area contributed by atoms with E-state index in [0.29, 0.717) is 37.7 Å². The van der Waals surface area contributed by atoms with Gasteiger partial charge in [0.1, 0.15) is 11.4 Å². The molecule has 0 spiro atoms. The molecule has 2 heterocycles. The van der Waals surface area contributed by atoms with Crippen molar-refractivity contribution in [2.75, 3.05) is 30.9 Å². The van der Waals surface area contributed by atoms with Gasteiger partial charge in [-0.05, 0) is 51.4 Å². The maximum absolute atomic E-state index is 13.6. The van der Waals surface area contributed by atoms with E-state index < -0.39 is 16.0 Å². The van der Waals surface area contributed by atoms with Crippen molar-refractivity contribution in [1.29, 1.82) is 0 Å². The number of carbonyl (C=O) groups excluding carboxylic acids is 2. The van der Waals surface area contributed by atoms with Gasteiger partial charge in [0.2, 0.25) is 15.9 Å². The molecule has 2 aliphatic rings. The van der Waals surface area contributed by atoms with Crippen molar-refractivity contribution in [2.45, 2.75) is 58.4 Å². The van der Waals surface area contributed by atoms with Gasteiger partial charge in [-0.25, -0.2) is 17.5 Å². The predicted molar refractivity (Wildman–Crippen MR) is 113 cm³/mol. The van der Waals surface area contributed by atoms with Crippen molar-refractivity contribution in [3.8, 4) is 0 Å². The molecule has 0 unspecified atom stereocenters. The second kappa shape index (κ2) is 9.47. The first-order valence-electron chi connectivity index (χ1n) is 10.7. The molecule has 0 radical (unpaired) electrons. The number of piperidine rings is 1. The number of aromatic nitrogens is 2. The quantitative estimate of drug-likeness (QED) is 0.679. The van der Waals surface area contributed by atoms with Gasteiger partial charge >= 0.3 is 5.97 Å². The fourth-order valence-electron chi connectivity index (χ4n) is 4.43. The first-order chi connectivity index (χ1) is 14.2. The Bertz CT molecular complexity index is 852. The number of nitrogens with zero attached hydrogens (tertiary/aromatic N) is 3. The van der Waals surface area contributed by atoms with Crippen LogP contribution in [0, 0.1) is 11.8 Å². The third kappa shape index (κ3) is 5.03. The lowest BCUT2D eigenvalue weighted by Crippen LogP contribution is -2.51. The van der Waals surface area contributed by atoms with Gasteiger partial charge in [-0.3, -0.25) is 14.8 Å². The third-order valence-corrected chi connectivity index (χ3v) is 7.52. The molecule has 168 valence electrons. The zero-order valence-corrected chi connectivity index (χ0v) is 18.8. The van der Waals surface area contributed by atoms with Crippen molar-refractivity contribution in [3.05, 3.63) is 11.8 Å². The first-order valence-corrected chi connectivity index (χ1v) is 12.6. The van der Waals surface area contributed by atoms with E-state index in [1.807, 2.05) is 0 Å². The lowest BCUT2D eigenvalue weighted by atomic mass is 9.82. The second-order valence-corrected chi connectivity index (χ2v) is 10.4. The van der Waals surface area contributed by atoms with E-state index in [1.54, 1.807) is 11.8 Å². The number of H-pyrrole nitrogens is 1. The van der Waals surface area contributed by atoms with Crippen LogP contribution in [0.25, 0.3) is 0 Å². The largest absolute Gasteiger partial charge is 0.462 e. The standard InChI is InChI=1S/C20H32N4O5S/c1-4-29-20(26)17-13-21-22-18(17)24(19(25)15-7-5-14(2)6-8-15)16-9-11-23(12-10-16)30(3,27)28/h13-16H,4-12H2,1-3H3,(H,21,22). The van der Waals surface area contributed by atoms with Crippen LogP contribution in [0.1, 0.15) is 62.7 Å². The molecule has 0 bridgehead atoms. The number of esters is 1. The molecule has 0 atom stereocenters. The minimum atomic E-state index is -3.27. The summed E-state index contributed by atoms with van der Waals surface area (Å²) in [5, 5.41) is 6.84. The molecular formula is C20H32N4O5S. The number of carbonyl (C=O) groups is 2. The lowest BCUT2D eigenvalue weighted by molar-refractivity contribution is -0.124. The highest BCUT2D eigenvalue weighted by molar-refractivity contribution is 7.88. The van der Waals surface area contributed by atoms with E-state index in [-0.39, 0.29) is 30.0 Å². The molecular weight excluding hydrogens is 408 g/mol. The summed E-state index contributed by atoms with van der Waals surface area (Å²) in [6, 6.07) is -0.205. The number of aromatic amines is 1. The molecule has 10 heteroatoms. The van der Waals surface area contributed by atoms with Crippen LogP contribution in [0.4, 0.5) is 5.82 Å². The number of hydrogen-bond donors (Lipinski definition) is 1. The Balaban J connectivity index is 1.88. The van der Waals surface area contributed by atoms with Gasteiger partial charge in [0.15, 0.2) is 0 Å². The fourth-order valence-corrected chi connectivity index (χ4v) is 5.30. The van der Waals surface area contributed by atoms with Crippen LogP contribution >= 0.6 is 0 Å². The lowest BCUT2D eigenvalue weighted by Gasteiger charge is -2.39. The second-order valence-electron chi connectivity index (χ2n) is 8.41. The van der Waals surface area contributed by atoms with Gasteiger partial charge in [0.25, 0.3) is 0 Å². The molecule has 2 fully saturated rings. The van der Waals surface area contributed by atoms with Crippen molar-refractivity contribution in [2.24, 2.45) is 11.8 Å². The summed E-state index contributed by atoms with van der Waals surface area (Å²) < 4.78 is 30.4. The Morgan fingerprint density at radius 2 is 1.83 bits per heavy atom. The predicted octanol–water partition coefficient (Wildman–Crippen LogP) is 2.17. The van der Waals surface area contributed by atoms with Gasteiger partial charge < -0.3 is 4.74 Å². The van der Waals surface area contributed by atoms with Gasteiger partial charge in [0.05, 0.1) is 19.1 Å². The SMILES string of the molecule is CCOC(=O)c1cn[nH]c1N(C(=O)C1CCC(C)CC1)C1CCN(S(C)(=O)=O)CC1. The van der Waals surface area contributed by atoms with Crippen molar-refractivity contribution in [3.63, 3.8) is 0 Å². The van der Waals surface area contributed by atoms with E-state index in [4.69, 9.17) is 4.74 Å².